The van der Waals surface area contributed by atoms with Crippen LogP contribution in [0.15, 0.2) is 76.5 Å². The lowest BCUT2D eigenvalue weighted by Crippen LogP contribution is -2.46. The standard InChI is InChI=1S/C25H23F3NS2/c1-30-23-14-8-19(9-15-23)6-12-21-4-3-5-22(29(21)18-25(26,27)28)13-7-20-10-16-24(31-2)17-11-20/h3-17H,18H2,1-2H3/q+1/b12-6+,13-7+. The SMILES string of the molecule is CSc1ccc(/C=C/c2cccc(/C=C/c3ccc(SC)cc3)[n+]2CC(F)(F)F)cc1. The first-order valence-electron chi connectivity index (χ1n) is 9.62. The van der Waals surface area contributed by atoms with Crippen molar-refractivity contribution in [1.29, 1.82) is 0 Å². The fourth-order valence-electron chi connectivity index (χ4n) is 3.02. The summed E-state index contributed by atoms with van der Waals surface area (Å²) >= 11 is 3.29. The summed E-state index contributed by atoms with van der Waals surface area (Å²) in [4.78, 5) is 2.28. The molecule has 160 valence electrons. The summed E-state index contributed by atoms with van der Waals surface area (Å²) < 4.78 is 41.3. The van der Waals surface area contributed by atoms with E-state index in [0.29, 0.717) is 11.4 Å². The van der Waals surface area contributed by atoms with Crippen LogP contribution >= 0.6 is 23.5 Å². The molecule has 0 radical (unpaired) electrons. The summed E-state index contributed by atoms with van der Waals surface area (Å²) in [7, 11) is 0. The van der Waals surface area contributed by atoms with Crippen molar-refractivity contribution in [3.63, 3.8) is 0 Å². The number of pyridine rings is 1. The van der Waals surface area contributed by atoms with Crippen LogP contribution in [0.25, 0.3) is 24.3 Å². The van der Waals surface area contributed by atoms with E-state index in [1.54, 1.807) is 53.9 Å². The molecule has 6 heteroatoms. The molecule has 0 spiro atoms. The molecular formula is C25H23F3NS2+. The molecule has 31 heavy (non-hydrogen) atoms. The van der Waals surface area contributed by atoms with Crippen molar-refractivity contribution in [2.24, 2.45) is 0 Å². The number of hydrogen-bond acceptors (Lipinski definition) is 2. The number of thioether (sulfide) groups is 2. The van der Waals surface area contributed by atoms with Crippen LogP contribution in [0, 0.1) is 0 Å². The van der Waals surface area contributed by atoms with Crippen molar-refractivity contribution in [2.75, 3.05) is 12.5 Å². The van der Waals surface area contributed by atoms with E-state index in [2.05, 4.69) is 0 Å². The maximum atomic E-state index is 13.3. The Morgan fingerprint density at radius 2 is 1.10 bits per heavy atom. The summed E-state index contributed by atoms with van der Waals surface area (Å²) in [5.41, 5.74) is 2.86. The first-order valence-corrected chi connectivity index (χ1v) is 12.1. The molecule has 0 aliphatic rings. The summed E-state index contributed by atoms with van der Waals surface area (Å²) in [6.07, 6.45) is 6.80. The van der Waals surface area contributed by atoms with Gasteiger partial charge in [-0.2, -0.15) is 17.7 Å². The van der Waals surface area contributed by atoms with Crippen molar-refractivity contribution < 1.29 is 17.7 Å². The fraction of sp³-hybridized carbons (Fsp3) is 0.160. The summed E-state index contributed by atoms with van der Waals surface area (Å²) in [6, 6.07) is 21.0. The summed E-state index contributed by atoms with van der Waals surface area (Å²) in [5, 5.41) is 0. The molecule has 2 aromatic carbocycles. The predicted octanol–water partition coefficient (Wildman–Crippen LogP) is 7.32. The normalized spacial score (nSPS) is 12.2. The second-order valence-corrected chi connectivity index (χ2v) is 8.55. The number of rotatable bonds is 7. The lowest BCUT2D eigenvalue weighted by Gasteiger charge is -2.07. The minimum atomic E-state index is -4.32. The molecule has 0 N–H and O–H groups in total. The Hall–Kier alpha value is -2.44. The molecule has 1 aromatic heterocycles. The van der Waals surface area contributed by atoms with Crippen LogP contribution in [-0.2, 0) is 6.54 Å². The molecule has 0 atom stereocenters. The first-order chi connectivity index (χ1) is 14.9. The van der Waals surface area contributed by atoms with Crippen LogP contribution in [0.3, 0.4) is 0 Å². The van der Waals surface area contributed by atoms with E-state index < -0.39 is 12.7 Å². The first kappa shape index (κ1) is 23.2. The van der Waals surface area contributed by atoms with E-state index in [1.807, 2.05) is 73.2 Å². The third-order valence-electron chi connectivity index (χ3n) is 4.62. The quantitative estimate of drug-likeness (QED) is 0.270. The number of halogens is 3. The van der Waals surface area contributed by atoms with Gasteiger partial charge in [-0.15, -0.1) is 23.5 Å². The zero-order chi connectivity index (χ0) is 22.3. The summed E-state index contributed by atoms with van der Waals surface area (Å²) in [5.74, 6) is 0. The van der Waals surface area contributed by atoms with Gasteiger partial charge in [-0.05, 0) is 66.1 Å². The van der Waals surface area contributed by atoms with Crippen molar-refractivity contribution in [1.82, 2.24) is 0 Å². The zero-order valence-corrected chi connectivity index (χ0v) is 18.9. The van der Waals surface area contributed by atoms with Gasteiger partial charge < -0.3 is 0 Å². The summed E-state index contributed by atoms with van der Waals surface area (Å²) in [6.45, 7) is -1.05. The topological polar surface area (TPSA) is 3.88 Å². The molecule has 0 aliphatic heterocycles. The Morgan fingerprint density at radius 3 is 1.45 bits per heavy atom. The van der Waals surface area contributed by atoms with Crippen LogP contribution in [0.4, 0.5) is 13.2 Å². The number of alkyl halides is 3. The number of benzene rings is 2. The van der Waals surface area contributed by atoms with E-state index in [4.69, 9.17) is 0 Å². The van der Waals surface area contributed by atoms with Crippen molar-refractivity contribution in [3.8, 4) is 0 Å². The van der Waals surface area contributed by atoms with Crippen LogP contribution in [0.1, 0.15) is 22.5 Å². The highest BCUT2D eigenvalue weighted by Gasteiger charge is 2.35. The maximum Gasteiger partial charge on any atom is 0.448 e. The maximum absolute atomic E-state index is 13.3. The molecule has 0 unspecified atom stereocenters. The molecular weight excluding hydrogens is 435 g/mol. The minimum absolute atomic E-state index is 0.492. The molecule has 1 nitrogen and oxygen atoms in total. The molecule has 3 aromatic rings. The Balaban J connectivity index is 1.92. The van der Waals surface area contributed by atoms with E-state index in [-0.39, 0.29) is 0 Å². The van der Waals surface area contributed by atoms with Gasteiger partial charge in [-0.25, -0.2) is 0 Å². The molecule has 0 fully saturated rings. The highest BCUT2D eigenvalue weighted by molar-refractivity contribution is 7.98. The monoisotopic (exact) mass is 458 g/mol. The van der Waals surface area contributed by atoms with Gasteiger partial charge in [0.1, 0.15) is 0 Å². The van der Waals surface area contributed by atoms with Gasteiger partial charge in [0, 0.05) is 34.1 Å². The van der Waals surface area contributed by atoms with Gasteiger partial charge in [0.2, 0.25) is 17.9 Å². The fourth-order valence-corrected chi connectivity index (χ4v) is 3.84. The molecule has 3 rings (SSSR count). The third kappa shape index (κ3) is 7.04. The van der Waals surface area contributed by atoms with Gasteiger partial charge in [-0.3, -0.25) is 0 Å². The largest absolute Gasteiger partial charge is 0.448 e. The Morgan fingerprint density at radius 1 is 0.677 bits per heavy atom. The van der Waals surface area contributed by atoms with Crippen molar-refractivity contribution in [3.05, 3.63) is 89.2 Å². The average Bonchev–Trinajstić information content (AvgIpc) is 2.77. The second-order valence-electron chi connectivity index (χ2n) is 6.79. The number of nitrogens with zero attached hydrogens (tertiary/aromatic N) is 1. The van der Waals surface area contributed by atoms with Crippen molar-refractivity contribution >= 4 is 47.8 Å². The Kier molecular flexibility index (Phi) is 8.04. The van der Waals surface area contributed by atoms with Gasteiger partial charge in [0.05, 0.1) is 0 Å². The molecule has 1 heterocycles. The van der Waals surface area contributed by atoms with E-state index in [0.717, 1.165) is 20.9 Å². The van der Waals surface area contributed by atoms with Crippen LogP contribution < -0.4 is 4.57 Å². The smallest absolute Gasteiger partial charge is 0.183 e. The third-order valence-corrected chi connectivity index (χ3v) is 6.11. The number of hydrogen-bond donors (Lipinski definition) is 0. The lowest BCUT2D eigenvalue weighted by molar-refractivity contribution is -0.722. The van der Waals surface area contributed by atoms with E-state index in [1.165, 1.54) is 4.57 Å². The average molecular weight is 459 g/mol. The second kappa shape index (κ2) is 10.7. The Bertz CT molecular complexity index is 978. The van der Waals surface area contributed by atoms with E-state index in [9.17, 15) is 13.2 Å². The molecule has 0 aliphatic carbocycles. The highest BCUT2D eigenvalue weighted by atomic mass is 32.2. The van der Waals surface area contributed by atoms with Gasteiger partial charge in [0.15, 0.2) is 0 Å². The molecule has 0 saturated carbocycles. The Labute approximate surface area is 189 Å². The van der Waals surface area contributed by atoms with Crippen LogP contribution in [0.2, 0.25) is 0 Å². The van der Waals surface area contributed by atoms with Gasteiger partial charge in [0.25, 0.3) is 0 Å². The van der Waals surface area contributed by atoms with Crippen LogP contribution in [0.5, 0.6) is 0 Å². The molecule has 0 saturated heterocycles. The predicted molar refractivity (Wildman–Crippen MR) is 127 cm³/mol. The van der Waals surface area contributed by atoms with Gasteiger partial charge in [-0.1, -0.05) is 24.3 Å². The minimum Gasteiger partial charge on any atom is -0.183 e. The zero-order valence-electron chi connectivity index (χ0n) is 17.3. The lowest BCUT2D eigenvalue weighted by atomic mass is 10.1. The van der Waals surface area contributed by atoms with E-state index >= 15 is 0 Å². The van der Waals surface area contributed by atoms with Crippen molar-refractivity contribution in [2.45, 2.75) is 22.5 Å². The van der Waals surface area contributed by atoms with Crippen LogP contribution in [-0.4, -0.2) is 18.7 Å². The molecule has 0 amide bonds. The number of aromatic nitrogens is 1. The van der Waals surface area contributed by atoms with Gasteiger partial charge >= 0.3 is 6.18 Å². The highest BCUT2D eigenvalue weighted by Crippen LogP contribution is 2.19. The molecule has 0 bridgehead atoms.